The molecule has 1 saturated heterocycles. The number of aryl methyl sites for hydroxylation is 1. The minimum atomic E-state index is -3.72. The average molecular weight is 399 g/mol. The molecule has 1 aliphatic rings. The molecular formula is C19H30N2O5S. The number of carbonyl (C=O) groups excluding carboxylic acids is 1. The van der Waals surface area contributed by atoms with E-state index in [0.29, 0.717) is 39.3 Å². The van der Waals surface area contributed by atoms with E-state index in [4.69, 9.17) is 9.47 Å². The van der Waals surface area contributed by atoms with Crippen LogP contribution in [0.4, 0.5) is 0 Å². The Morgan fingerprint density at radius 2 is 1.70 bits per heavy atom. The van der Waals surface area contributed by atoms with Crippen LogP contribution in [0.5, 0.6) is 0 Å². The second-order valence-corrected chi connectivity index (χ2v) is 8.64. The first-order valence-corrected chi connectivity index (χ1v) is 10.7. The van der Waals surface area contributed by atoms with E-state index in [1.807, 2.05) is 6.92 Å². The molecule has 7 nitrogen and oxygen atoms in total. The molecule has 1 aromatic rings. The maximum atomic E-state index is 13.2. The summed E-state index contributed by atoms with van der Waals surface area (Å²) in [5.41, 5.74) is 0.991. The van der Waals surface area contributed by atoms with Gasteiger partial charge in [-0.25, -0.2) is 8.42 Å². The van der Waals surface area contributed by atoms with E-state index < -0.39 is 16.1 Å². The van der Waals surface area contributed by atoms with Crippen molar-refractivity contribution in [3.8, 4) is 0 Å². The minimum absolute atomic E-state index is 0.181. The highest BCUT2D eigenvalue weighted by atomic mass is 32.2. The Bertz CT molecular complexity index is 697. The van der Waals surface area contributed by atoms with Gasteiger partial charge >= 0.3 is 0 Å². The lowest BCUT2D eigenvalue weighted by atomic mass is 10.0. The van der Waals surface area contributed by atoms with Crippen LogP contribution in [-0.2, 0) is 24.3 Å². The third kappa shape index (κ3) is 5.51. The maximum absolute atomic E-state index is 13.2. The van der Waals surface area contributed by atoms with E-state index in [1.165, 1.54) is 4.31 Å². The highest BCUT2D eigenvalue weighted by molar-refractivity contribution is 7.89. The highest BCUT2D eigenvalue weighted by Crippen LogP contribution is 2.26. The van der Waals surface area contributed by atoms with E-state index in [2.05, 4.69) is 0 Å². The minimum Gasteiger partial charge on any atom is -0.383 e. The van der Waals surface area contributed by atoms with Crippen molar-refractivity contribution in [2.75, 3.05) is 47.1 Å². The molecule has 1 amide bonds. The number of nitrogens with zero attached hydrogens (tertiary/aromatic N) is 2. The van der Waals surface area contributed by atoms with Gasteiger partial charge in [-0.3, -0.25) is 4.79 Å². The summed E-state index contributed by atoms with van der Waals surface area (Å²) in [6, 6.07) is 6.08. The van der Waals surface area contributed by atoms with E-state index in [-0.39, 0.29) is 10.8 Å². The zero-order valence-electron chi connectivity index (χ0n) is 16.4. The van der Waals surface area contributed by atoms with Crippen molar-refractivity contribution < 1.29 is 22.7 Å². The Hall–Kier alpha value is -1.48. The van der Waals surface area contributed by atoms with Crippen LogP contribution < -0.4 is 0 Å². The Morgan fingerprint density at radius 1 is 1.11 bits per heavy atom. The molecule has 1 heterocycles. The lowest BCUT2D eigenvalue weighted by molar-refractivity contribution is -0.137. The van der Waals surface area contributed by atoms with E-state index in [9.17, 15) is 13.2 Å². The third-order valence-electron chi connectivity index (χ3n) is 4.81. The van der Waals surface area contributed by atoms with Crippen LogP contribution in [0.3, 0.4) is 0 Å². The van der Waals surface area contributed by atoms with Gasteiger partial charge in [-0.05, 0) is 31.9 Å². The quantitative estimate of drug-likeness (QED) is 0.632. The van der Waals surface area contributed by atoms with E-state index in [0.717, 1.165) is 18.4 Å². The van der Waals surface area contributed by atoms with Crippen molar-refractivity contribution in [2.45, 2.75) is 37.1 Å². The smallest absolute Gasteiger partial charge is 0.243 e. The summed E-state index contributed by atoms with van der Waals surface area (Å²) in [7, 11) is -0.570. The number of methoxy groups -OCH3 is 2. The molecule has 152 valence electrons. The Balaban J connectivity index is 2.26. The van der Waals surface area contributed by atoms with Crippen LogP contribution in [0, 0.1) is 6.92 Å². The summed E-state index contributed by atoms with van der Waals surface area (Å²) in [5.74, 6) is -0.181. The Kier molecular flexibility index (Phi) is 8.22. The predicted molar refractivity (Wildman–Crippen MR) is 103 cm³/mol. The molecule has 0 aromatic heterocycles. The number of amides is 1. The van der Waals surface area contributed by atoms with Gasteiger partial charge in [0.2, 0.25) is 15.9 Å². The molecule has 0 saturated carbocycles. The van der Waals surface area contributed by atoms with Crippen LogP contribution in [0.15, 0.2) is 29.2 Å². The van der Waals surface area contributed by atoms with Gasteiger partial charge in [0.25, 0.3) is 0 Å². The summed E-state index contributed by atoms with van der Waals surface area (Å²) in [5, 5.41) is 0. The molecule has 8 heteroatoms. The topological polar surface area (TPSA) is 76.2 Å². The number of piperidine rings is 1. The second kappa shape index (κ2) is 10.2. The van der Waals surface area contributed by atoms with E-state index in [1.54, 1.807) is 43.4 Å². The SMILES string of the molecule is COCCN(CCOC)C(=O)C1CCCCN1S(=O)(=O)c1ccc(C)cc1. The second-order valence-electron chi connectivity index (χ2n) is 6.75. The molecular weight excluding hydrogens is 368 g/mol. The lowest BCUT2D eigenvalue weighted by Crippen LogP contribution is -2.54. The fourth-order valence-electron chi connectivity index (χ4n) is 3.23. The number of hydrogen-bond acceptors (Lipinski definition) is 5. The van der Waals surface area contributed by atoms with E-state index >= 15 is 0 Å². The van der Waals surface area contributed by atoms with Crippen LogP contribution in [0.1, 0.15) is 24.8 Å². The Labute approximate surface area is 162 Å². The summed E-state index contributed by atoms with van der Waals surface area (Å²) < 4.78 is 37.9. The highest BCUT2D eigenvalue weighted by Gasteiger charge is 2.39. The fraction of sp³-hybridized carbons (Fsp3) is 0.632. The summed E-state index contributed by atoms with van der Waals surface area (Å²) in [4.78, 5) is 15.0. The van der Waals surface area contributed by atoms with Gasteiger partial charge in [0.05, 0.1) is 18.1 Å². The summed E-state index contributed by atoms with van der Waals surface area (Å²) in [6.07, 6.45) is 2.12. The van der Waals surface area contributed by atoms with Crippen LogP contribution in [0.25, 0.3) is 0 Å². The van der Waals surface area contributed by atoms with Crippen molar-refractivity contribution in [1.29, 1.82) is 0 Å². The van der Waals surface area contributed by atoms with Gasteiger partial charge in [0.15, 0.2) is 0 Å². The van der Waals surface area contributed by atoms with Gasteiger partial charge in [-0.15, -0.1) is 0 Å². The molecule has 1 aromatic carbocycles. The first-order chi connectivity index (χ1) is 12.9. The summed E-state index contributed by atoms with van der Waals surface area (Å²) >= 11 is 0. The fourth-order valence-corrected chi connectivity index (χ4v) is 4.88. The zero-order valence-corrected chi connectivity index (χ0v) is 17.2. The lowest BCUT2D eigenvalue weighted by Gasteiger charge is -2.36. The van der Waals surface area contributed by atoms with Gasteiger partial charge in [0, 0.05) is 33.9 Å². The molecule has 1 unspecified atom stereocenters. The van der Waals surface area contributed by atoms with Crippen LogP contribution >= 0.6 is 0 Å². The number of sulfonamides is 1. The Morgan fingerprint density at radius 3 is 2.26 bits per heavy atom. The molecule has 0 bridgehead atoms. The summed E-state index contributed by atoms with van der Waals surface area (Å²) in [6.45, 7) is 3.88. The molecule has 1 aliphatic heterocycles. The van der Waals surface area contributed by atoms with Gasteiger partial charge in [-0.1, -0.05) is 24.1 Å². The standard InChI is InChI=1S/C19H30N2O5S/c1-16-7-9-17(10-8-16)27(23,24)21-11-5-4-6-18(21)19(22)20(12-14-25-2)13-15-26-3/h7-10,18H,4-6,11-15H2,1-3H3. The van der Waals surface area contributed by atoms with Crippen molar-refractivity contribution in [3.05, 3.63) is 29.8 Å². The first-order valence-electron chi connectivity index (χ1n) is 9.27. The monoisotopic (exact) mass is 398 g/mol. The zero-order chi connectivity index (χ0) is 19.9. The van der Waals surface area contributed by atoms with Crippen molar-refractivity contribution in [2.24, 2.45) is 0 Å². The largest absolute Gasteiger partial charge is 0.383 e. The van der Waals surface area contributed by atoms with Crippen molar-refractivity contribution >= 4 is 15.9 Å². The molecule has 27 heavy (non-hydrogen) atoms. The molecule has 0 radical (unpaired) electrons. The van der Waals surface area contributed by atoms with Gasteiger partial charge < -0.3 is 14.4 Å². The number of hydrogen-bond donors (Lipinski definition) is 0. The van der Waals surface area contributed by atoms with Crippen molar-refractivity contribution in [1.82, 2.24) is 9.21 Å². The number of benzene rings is 1. The van der Waals surface area contributed by atoms with Crippen LogP contribution in [0.2, 0.25) is 0 Å². The number of rotatable bonds is 9. The number of ether oxygens (including phenoxy) is 2. The maximum Gasteiger partial charge on any atom is 0.243 e. The van der Waals surface area contributed by atoms with Gasteiger partial charge in [-0.2, -0.15) is 4.31 Å². The normalized spacial score (nSPS) is 18.4. The molecule has 0 spiro atoms. The molecule has 1 fully saturated rings. The number of carbonyl (C=O) groups is 1. The predicted octanol–water partition coefficient (Wildman–Crippen LogP) is 1.66. The molecule has 2 rings (SSSR count). The molecule has 1 atom stereocenters. The first kappa shape index (κ1) is 21.8. The molecule has 0 aliphatic carbocycles. The van der Waals surface area contributed by atoms with Crippen molar-refractivity contribution in [3.63, 3.8) is 0 Å². The third-order valence-corrected chi connectivity index (χ3v) is 6.73. The van der Waals surface area contributed by atoms with Gasteiger partial charge in [0.1, 0.15) is 6.04 Å². The average Bonchev–Trinajstić information content (AvgIpc) is 2.68. The molecule has 0 N–H and O–H groups in total. The van der Waals surface area contributed by atoms with Crippen LogP contribution in [-0.4, -0.2) is 76.6 Å².